The van der Waals surface area contributed by atoms with Crippen LogP contribution in [-0.2, 0) is 16.1 Å². The van der Waals surface area contributed by atoms with Crippen LogP contribution in [0.2, 0.25) is 0 Å². The van der Waals surface area contributed by atoms with Crippen LogP contribution in [0, 0.1) is 5.92 Å². The van der Waals surface area contributed by atoms with E-state index >= 15 is 0 Å². The number of amides is 1. The van der Waals surface area contributed by atoms with Crippen LogP contribution in [0.5, 0.6) is 0 Å². The summed E-state index contributed by atoms with van der Waals surface area (Å²) in [5, 5.41) is 4.05. The number of nitrogens with zero attached hydrogens (tertiary/aromatic N) is 3. The Bertz CT molecular complexity index is 497. The van der Waals surface area contributed by atoms with Crippen molar-refractivity contribution >= 4 is 5.91 Å². The summed E-state index contributed by atoms with van der Waals surface area (Å²) in [4.78, 5) is 18.9. The van der Waals surface area contributed by atoms with Crippen LogP contribution in [0.25, 0.3) is 0 Å². The molecule has 1 unspecified atom stereocenters. The van der Waals surface area contributed by atoms with Crippen molar-refractivity contribution in [2.75, 3.05) is 20.2 Å². The van der Waals surface area contributed by atoms with Gasteiger partial charge in [0.2, 0.25) is 5.91 Å². The van der Waals surface area contributed by atoms with Gasteiger partial charge in [-0.25, -0.2) is 0 Å². The molecule has 2 fully saturated rings. The topological polar surface area (TPSA) is 68.5 Å². The maximum Gasteiger partial charge on any atom is 0.252 e. The number of carbonyl (C=O) groups is 1. The molecule has 3 rings (SSSR count). The molecular formula is C16H25N3O3. The highest BCUT2D eigenvalue weighted by Crippen LogP contribution is 2.30. The third-order valence-corrected chi connectivity index (χ3v) is 4.83. The molecule has 2 aliphatic rings. The molecule has 22 heavy (non-hydrogen) atoms. The summed E-state index contributed by atoms with van der Waals surface area (Å²) in [5.41, 5.74) is 0. The number of rotatable bonds is 5. The first-order chi connectivity index (χ1) is 10.8. The van der Waals surface area contributed by atoms with Crippen molar-refractivity contribution < 1.29 is 14.1 Å². The fourth-order valence-corrected chi connectivity index (χ4v) is 3.62. The third-order valence-electron chi connectivity index (χ3n) is 4.83. The Morgan fingerprint density at radius 1 is 1.32 bits per heavy atom. The minimum absolute atomic E-state index is 0.190. The van der Waals surface area contributed by atoms with Gasteiger partial charge in [-0.3, -0.25) is 4.79 Å². The van der Waals surface area contributed by atoms with E-state index in [9.17, 15) is 4.79 Å². The van der Waals surface area contributed by atoms with Crippen molar-refractivity contribution in [3.63, 3.8) is 0 Å². The number of aromatic nitrogens is 2. The zero-order chi connectivity index (χ0) is 15.4. The van der Waals surface area contributed by atoms with E-state index in [0.717, 1.165) is 25.9 Å². The number of hydrogen-bond acceptors (Lipinski definition) is 5. The normalized spacial score (nSPS) is 23.1. The number of likely N-dealkylation sites (tertiary alicyclic amines) is 1. The van der Waals surface area contributed by atoms with Crippen LogP contribution in [-0.4, -0.2) is 41.1 Å². The molecule has 0 aromatic carbocycles. The van der Waals surface area contributed by atoms with Gasteiger partial charge in [0.05, 0.1) is 0 Å². The van der Waals surface area contributed by atoms with E-state index in [0.29, 0.717) is 36.6 Å². The maximum absolute atomic E-state index is 12.5. The van der Waals surface area contributed by atoms with Crippen LogP contribution in [0.1, 0.15) is 62.6 Å². The predicted molar refractivity (Wildman–Crippen MR) is 80.1 cm³/mol. The minimum atomic E-state index is 0.190. The molecule has 1 atom stereocenters. The first-order valence-corrected chi connectivity index (χ1v) is 8.35. The van der Waals surface area contributed by atoms with Gasteiger partial charge >= 0.3 is 0 Å². The lowest BCUT2D eigenvalue weighted by atomic mass is 9.96. The van der Waals surface area contributed by atoms with Gasteiger partial charge < -0.3 is 14.2 Å². The van der Waals surface area contributed by atoms with Gasteiger partial charge in [0.25, 0.3) is 5.89 Å². The standard InChI is InChI=1S/C16H25N3O3/c1-21-11-14-17-16(18-22-14)13-7-4-8-19(10-13)15(20)9-12-5-2-3-6-12/h12-13H,2-11H2,1H3. The van der Waals surface area contributed by atoms with Crippen molar-refractivity contribution in [1.82, 2.24) is 15.0 Å². The Morgan fingerprint density at radius 2 is 2.14 bits per heavy atom. The monoisotopic (exact) mass is 307 g/mol. The smallest absolute Gasteiger partial charge is 0.252 e. The van der Waals surface area contributed by atoms with Crippen molar-refractivity contribution in [2.45, 2.75) is 57.5 Å². The second-order valence-corrected chi connectivity index (χ2v) is 6.51. The molecule has 0 bridgehead atoms. The van der Waals surface area contributed by atoms with E-state index in [1.807, 2.05) is 4.90 Å². The lowest BCUT2D eigenvalue weighted by molar-refractivity contribution is -0.133. The summed E-state index contributed by atoms with van der Waals surface area (Å²) in [6.07, 6.45) is 7.74. The number of methoxy groups -OCH3 is 1. The molecular weight excluding hydrogens is 282 g/mol. The average molecular weight is 307 g/mol. The van der Waals surface area contributed by atoms with Gasteiger partial charge in [-0.2, -0.15) is 4.98 Å². The number of hydrogen-bond donors (Lipinski definition) is 0. The summed E-state index contributed by atoms with van der Waals surface area (Å²) < 4.78 is 10.2. The molecule has 1 saturated carbocycles. The quantitative estimate of drug-likeness (QED) is 0.836. The fourth-order valence-electron chi connectivity index (χ4n) is 3.62. The third kappa shape index (κ3) is 3.66. The molecule has 0 N–H and O–H groups in total. The molecule has 1 aliphatic heterocycles. The lowest BCUT2D eigenvalue weighted by Gasteiger charge is -2.32. The maximum atomic E-state index is 12.5. The average Bonchev–Trinajstić information content (AvgIpc) is 3.19. The summed E-state index contributed by atoms with van der Waals surface area (Å²) in [6, 6.07) is 0. The van der Waals surface area contributed by atoms with Crippen LogP contribution in [0.3, 0.4) is 0 Å². The van der Waals surface area contributed by atoms with Crippen LogP contribution in [0.4, 0.5) is 0 Å². The van der Waals surface area contributed by atoms with E-state index in [1.54, 1.807) is 7.11 Å². The van der Waals surface area contributed by atoms with Crippen LogP contribution < -0.4 is 0 Å². The summed E-state index contributed by atoms with van der Waals surface area (Å²) in [5.74, 6) is 2.32. The molecule has 122 valence electrons. The second kappa shape index (κ2) is 7.22. The van der Waals surface area contributed by atoms with E-state index in [2.05, 4.69) is 10.1 Å². The van der Waals surface area contributed by atoms with Crippen LogP contribution >= 0.6 is 0 Å². The minimum Gasteiger partial charge on any atom is -0.375 e. The Morgan fingerprint density at radius 3 is 2.91 bits per heavy atom. The predicted octanol–water partition coefficient (Wildman–Crippen LogP) is 2.50. The highest BCUT2D eigenvalue weighted by molar-refractivity contribution is 5.76. The first-order valence-electron chi connectivity index (χ1n) is 8.35. The molecule has 2 heterocycles. The Hall–Kier alpha value is -1.43. The molecule has 6 nitrogen and oxygen atoms in total. The van der Waals surface area contributed by atoms with Crippen molar-refractivity contribution in [3.8, 4) is 0 Å². The highest BCUT2D eigenvalue weighted by Gasteiger charge is 2.29. The zero-order valence-electron chi connectivity index (χ0n) is 13.3. The lowest BCUT2D eigenvalue weighted by Crippen LogP contribution is -2.40. The number of carbonyl (C=O) groups excluding carboxylic acids is 1. The van der Waals surface area contributed by atoms with Crippen molar-refractivity contribution in [2.24, 2.45) is 5.92 Å². The molecule has 1 aromatic rings. The van der Waals surface area contributed by atoms with Gasteiger partial charge in [0, 0.05) is 32.5 Å². The molecule has 1 aliphatic carbocycles. The fraction of sp³-hybridized carbons (Fsp3) is 0.812. The van der Waals surface area contributed by atoms with Crippen LogP contribution in [0.15, 0.2) is 4.52 Å². The molecule has 0 spiro atoms. The summed E-state index contributed by atoms with van der Waals surface area (Å²) >= 11 is 0. The first kappa shape index (κ1) is 15.5. The highest BCUT2D eigenvalue weighted by atomic mass is 16.5. The second-order valence-electron chi connectivity index (χ2n) is 6.51. The van der Waals surface area contributed by atoms with Gasteiger partial charge in [-0.1, -0.05) is 18.0 Å². The Kier molecular flexibility index (Phi) is 5.08. The largest absolute Gasteiger partial charge is 0.375 e. The van der Waals surface area contributed by atoms with E-state index in [4.69, 9.17) is 9.26 Å². The molecule has 1 amide bonds. The molecule has 6 heteroatoms. The molecule has 0 radical (unpaired) electrons. The zero-order valence-corrected chi connectivity index (χ0v) is 13.3. The number of piperidine rings is 1. The van der Waals surface area contributed by atoms with Gasteiger partial charge in [-0.05, 0) is 31.6 Å². The van der Waals surface area contributed by atoms with Crippen molar-refractivity contribution in [1.29, 1.82) is 0 Å². The molecule has 1 saturated heterocycles. The van der Waals surface area contributed by atoms with Gasteiger partial charge in [0.15, 0.2) is 5.82 Å². The van der Waals surface area contributed by atoms with Gasteiger partial charge in [0.1, 0.15) is 6.61 Å². The van der Waals surface area contributed by atoms with E-state index < -0.39 is 0 Å². The Balaban J connectivity index is 1.56. The summed E-state index contributed by atoms with van der Waals surface area (Å²) in [7, 11) is 1.61. The summed E-state index contributed by atoms with van der Waals surface area (Å²) in [6.45, 7) is 1.92. The Labute approximate surface area is 131 Å². The van der Waals surface area contributed by atoms with Crippen molar-refractivity contribution in [3.05, 3.63) is 11.7 Å². The van der Waals surface area contributed by atoms with Gasteiger partial charge in [-0.15, -0.1) is 0 Å². The van der Waals surface area contributed by atoms with E-state index in [-0.39, 0.29) is 5.92 Å². The number of ether oxygens (including phenoxy) is 1. The SMILES string of the molecule is COCc1nc(C2CCCN(C(=O)CC3CCCC3)C2)no1. The molecule has 1 aromatic heterocycles. The van der Waals surface area contributed by atoms with E-state index in [1.165, 1.54) is 25.7 Å².